The van der Waals surface area contributed by atoms with Crippen molar-refractivity contribution in [1.29, 1.82) is 0 Å². The predicted octanol–water partition coefficient (Wildman–Crippen LogP) is 2.10. The molecular formula is C14H25N3O. The van der Waals surface area contributed by atoms with Crippen molar-refractivity contribution in [2.45, 2.75) is 58.2 Å². The van der Waals surface area contributed by atoms with Gasteiger partial charge in [-0.3, -0.25) is 4.68 Å². The average molecular weight is 251 g/mol. The van der Waals surface area contributed by atoms with Gasteiger partial charge in [-0.25, -0.2) is 0 Å². The van der Waals surface area contributed by atoms with E-state index in [1.165, 1.54) is 0 Å². The van der Waals surface area contributed by atoms with Crippen LogP contribution in [-0.4, -0.2) is 27.5 Å². The number of hydrogen-bond donors (Lipinski definition) is 2. The van der Waals surface area contributed by atoms with E-state index in [0.717, 1.165) is 44.5 Å². The van der Waals surface area contributed by atoms with Gasteiger partial charge >= 0.3 is 0 Å². The molecule has 1 heterocycles. The molecular weight excluding hydrogens is 226 g/mol. The number of aliphatic hydroxyl groups excluding tert-OH is 1. The van der Waals surface area contributed by atoms with Crippen LogP contribution < -0.4 is 5.32 Å². The van der Waals surface area contributed by atoms with Crippen LogP contribution in [0.2, 0.25) is 0 Å². The summed E-state index contributed by atoms with van der Waals surface area (Å²) < 4.78 is 2.09. The van der Waals surface area contributed by atoms with Gasteiger partial charge in [0, 0.05) is 12.7 Å². The highest BCUT2D eigenvalue weighted by molar-refractivity contribution is 4.99. The highest BCUT2D eigenvalue weighted by Gasteiger charge is 2.26. The van der Waals surface area contributed by atoms with Gasteiger partial charge in [0.1, 0.15) is 0 Å². The zero-order valence-electron chi connectivity index (χ0n) is 11.5. The summed E-state index contributed by atoms with van der Waals surface area (Å²) in [5, 5.41) is 17.2. The normalized spacial score (nSPS) is 23.3. The second kappa shape index (κ2) is 6.34. The minimum Gasteiger partial charge on any atom is -0.393 e. The SMILES string of the molecule is CCC(CC)n1ccc(CNCC2CC(O)C2)n1. The smallest absolute Gasteiger partial charge is 0.0762 e. The first-order valence-corrected chi connectivity index (χ1v) is 7.15. The van der Waals surface area contributed by atoms with Crippen molar-refractivity contribution in [2.24, 2.45) is 5.92 Å². The lowest BCUT2D eigenvalue weighted by Gasteiger charge is -2.31. The van der Waals surface area contributed by atoms with Gasteiger partial charge in [0.05, 0.1) is 17.8 Å². The molecule has 0 aromatic carbocycles. The van der Waals surface area contributed by atoms with Crippen LogP contribution in [0.3, 0.4) is 0 Å². The Balaban J connectivity index is 1.73. The van der Waals surface area contributed by atoms with Gasteiger partial charge in [-0.15, -0.1) is 0 Å². The summed E-state index contributed by atoms with van der Waals surface area (Å²) in [6, 6.07) is 2.63. The number of rotatable bonds is 7. The fourth-order valence-electron chi connectivity index (χ4n) is 2.61. The molecule has 18 heavy (non-hydrogen) atoms. The van der Waals surface area contributed by atoms with Gasteiger partial charge in [0.15, 0.2) is 0 Å². The Morgan fingerprint density at radius 2 is 2.17 bits per heavy atom. The zero-order chi connectivity index (χ0) is 13.0. The first kappa shape index (κ1) is 13.6. The van der Waals surface area contributed by atoms with Crippen LogP contribution >= 0.6 is 0 Å². The van der Waals surface area contributed by atoms with E-state index in [9.17, 15) is 5.11 Å². The lowest BCUT2D eigenvalue weighted by Crippen LogP contribution is -2.35. The van der Waals surface area contributed by atoms with Crippen molar-refractivity contribution >= 4 is 0 Å². The molecule has 0 radical (unpaired) electrons. The molecule has 1 fully saturated rings. The van der Waals surface area contributed by atoms with E-state index in [2.05, 4.69) is 41.2 Å². The maximum atomic E-state index is 9.21. The molecule has 0 spiro atoms. The number of nitrogens with zero attached hydrogens (tertiary/aromatic N) is 2. The van der Waals surface area contributed by atoms with Crippen molar-refractivity contribution in [3.63, 3.8) is 0 Å². The Morgan fingerprint density at radius 1 is 1.44 bits per heavy atom. The third-order valence-electron chi connectivity index (χ3n) is 3.93. The molecule has 0 bridgehead atoms. The van der Waals surface area contributed by atoms with Gasteiger partial charge < -0.3 is 10.4 Å². The first-order chi connectivity index (χ1) is 8.72. The van der Waals surface area contributed by atoms with Crippen LogP contribution in [0, 0.1) is 5.92 Å². The fraction of sp³-hybridized carbons (Fsp3) is 0.786. The molecule has 1 saturated carbocycles. The molecule has 1 aromatic heterocycles. The number of aromatic nitrogens is 2. The highest BCUT2D eigenvalue weighted by Crippen LogP contribution is 2.26. The zero-order valence-corrected chi connectivity index (χ0v) is 11.5. The Labute approximate surface area is 109 Å². The Kier molecular flexibility index (Phi) is 4.78. The van der Waals surface area contributed by atoms with E-state index in [1.807, 2.05) is 0 Å². The van der Waals surface area contributed by atoms with Gasteiger partial charge in [0.25, 0.3) is 0 Å². The topological polar surface area (TPSA) is 50.1 Å². The van der Waals surface area contributed by atoms with E-state index in [-0.39, 0.29) is 6.10 Å². The van der Waals surface area contributed by atoms with Crippen LogP contribution in [0.15, 0.2) is 12.3 Å². The Bertz CT molecular complexity index is 354. The molecule has 2 N–H and O–H groups in total. The Hall–Kier alpha value is -0.870. The maximum absolute atomic E-state index is 9.21. The molecule has 0 saturated heterocycles. The number of hydrogen-bond acceptors (Lipinski definition) is 3. The third-order valence-corrected chi connectivity index (χ3v) is 3.93. The van der Waals surface area contributed by atoms with Crippen molar-refractivity contribution in [3.05, 3.63) is 18.0 Å². The lowest BCUT2D eigenvalue weighted by atomic mass is 9.82. The van der Waals surface area contributed by atoms with Gasteiger partial charge in [0.2, 0.25) is 0 Å². The van der Waals surface area contributed by atoms with Crippen LogP contribution in [0.1, 0.15) is 51.3 Å². The largest absolute Gasteiger partial charge is 0.393 e. The van der Waals surface area contributed by atoms with Crippen LogP contribution in [0.25, 0.3) is 0 Å². The van der Waals surface area contributed by atoms with Crippen LogP contribution in [0.5, 0.6) is 0 Å². The van der Waals surface area contributed by atoms with Crippen molar-refractivity contribution in [3.8, 4) is 0 Å². The van der Waals surface area contributed by atoms with Crippen LogP contribution in [-0.2, 0) is 6.54 Å². The van der Waals surface area contributed by atoms with Crippen LogP contribution in [0.4, 0.5) is 0 Å². The molecule has 0 amide bonds. The fourth-order valence-corrected chi connectivity index (χ4v) is 2.61. The number of nitrogens with one attached hydrogen (secondary N) is 1. The molecule has 0 aliphatic heterocycles. The van der Waals surface area contributed by atoms with Crippen molar-refractivity contribution in [1.82, 2.24) is 15.1 Å². The van der Waals surface area contributed by atoms with Gasteiger partial charge in [-0.2, -0.15) is 5.10 Å². The summed E-state index contributed by atoms with van der Waals surface area (Å²) in [6.07, 6.45) is 6.20. The van der Waals surface area contributed by atoms with E-state index in [4.69, 9.17) is 0 Å². The molecule has 1 aliphatic carbocycles. The maximum Gasteiger partial charge on any atom is 0.0762 e. The van der Waals surface area contributed by atoms with E-state index < -0.39 is 0 Å². The van der Waals surface area contributed by atoms with Gasteiger partial charge in [-0.1, -0.05) is 13.8 Å². The molecule has 1 aromatic rings. The summed E-state index contributed by atoms with van der Waals surface area (Å²) in [5.74, 6) is 0.654. The summed E-state index contributed by atoms with van der Waals surface area (Å²) in [6.45, 7) is 6.24. The van der Waals surface area contributed by atoms with E-state index in [0.29, 0.717) is 12.0 Å². The van der Waals surface area contributed by atoms with Crippen molar-refractivity contribution in [2.75, 3.05) is 6.54 Å². The quantitative estimate of drug-likeness (QED) is 0.780. The van der Waals surface area contributed by atoms with Crippen molar-refractivity contribution < 1.29 is 5.11 Å². The minimum absolute atomic E-state index is 0.0501. The molecule has 0 atom stereocenters. The first-order valence-electron chi connectivity index (χ1n) is 7.15. The highest BCUT2D eigenvalue weighted by atomic mass is 16.3. The lowest BCUT2D eigenvalue weighted by molar-refractivity contribution is 0.0429. The van der Waals surface area contributed by atoms with E-state index in [1.54, 1.807) is 0 Å². The molecule has 2 rings (SSSR count). The molecule has 4 nitrogen and oxygen atoms in total. The average Bonchev–Trinajstić information content (AvgIpc) is 2.77. The summed E-state index contributed by atoms with van der Waals surface area (Å²) in [7, 11) is 0. The number of aliphatic hydroxyl groups is 1. The third kappa shape index (κ3) is 3.33. The second-order valence-electron chi connectivity index (χ2n) is 5.38. The standard InChI is InChI=1S/C14H25N3O/c1-3-13(4-2)17-6-5-12(16-17)10-15-9-11-7-14(18)8-11/h5-6,11,13-15,18H,3-4,7-10H2,1-2H3. The van der Waals surface area contributed by atoms with Gasteiger partial charge in [-0.05, 0) is 44.2 Å². The summed E-state index contributed by atoms with van der Waals surface area (Å²) in [4.78, 5) is 0. The molecule has 102 valence electrons. The monoisotopic (exact) mass is 251 g/mol. The predicted molar refractivity (Wildman–Crippen MR) is 72.3 cm³/mol. The molecule has 0 unspecified atom stereocenters. The Morgan fingerprint density at radius 3 is 2.78 bits per heavy atom. The second-order valence-corrected chi connectivity index (χ2v) is 5.38. The van der Waals surface area contributed by atoms with E-state index >= 15 is 0 Å². The minimum atomic E-state index is -0.0501. The summed E-state index contributed by atoms with van der Waals surface area (Å²) in [5.41, 5.74) is 1.11. The molecule has 4 heteroatoms. The molecule has 1 aliphatic rings. The summed E-state index contributed by atoms with van der Waals surface area (Å²) >= 11 is 0.